The molecule has 9 heterocycles. The van der Waals surface area contributed by atoms with Crippen LogP contribution in [0.1, 0.15) is 134 Å². The van der Waals surface area contributed by atoms with Crippen LogP contribution >= 0.6 is 136 Å². The molecule has 792 valence electrons. The number of aromatic amines is 1. The van der Waals surface area contributed by atoms with Crippen molar-refractivity contribution in [3.05, 3.63) is 304 Å². The van der Waals surface area contributed by atoms with Crippen molar-refractivity contribution in [1.29, 1.82) is 0 Å². The van der Waals surface area contributed by atoms with Crippen LogP contribution in [0.2, 0.25) is 0 Å². The van der Waals surface area contributed by atoms with Crippen molar-refractivity contribution >= 4 is 255 Å². The van der Waals surface area contributed by atoms with Gasteiger partial charge in [-0.1, -0.05) is 87.6 Å². The number of para-hydroxylation sites is 5. The first kappa shape index (κ1) is 119. The minimum absolute atomic E-state index is 0. The van der Waals surface area contributed by atoms with E-state index < -0.39 is 10.5 Å². The maximum Gasteiger partial charge on any atom is 0.410 e. The third-order valence-electron chi connectivity index (χ3n) is 26.1. The fraction of sp³-hybridized carbons (Fsp3) is 0.367. The van der Waals surface area contributed by atoms with Crippen molar-refractivity contribution in [2.45, 2.75) is 116 Å². The normalized spacial score (nSPS) is 15.7. The molecule has 0 unspecified atom stereocenters. The van der Waals surface area contributed by atoms with Gasteiger partial charge < -0.3 is 75.9 Å². The van der Waals surface area contributed by atoms with Gasteiger partial charge in [0.25, 0.3) is 16.9 Å². The van der Waals surface area contributed by atoms with Crippen molar-refractivity contribution < 1.29 is 36.4 Å². The van der Waals surface area contributed by atoms with Gasteiger partial charge in [-0.2, -0.15) is 0 Å². The fourth-order valence-corrected chi connectivity index (χ4v) is 20.9. The summed E-state index contributed by atoms with van der Waals surface area (Å²) >= 11 is 24.8. The number of fused-ring (bicyclic) bond motifs is 4. The maximum absolute atomic E-state index is 12.0. The molecule has 5 saturated heterocycles. The summed E-state index contributed by atoms with van der Waals surface area (Å²) < 4.78 is 13.3. The molecule has 40 heteroatoms. The number of nitrogens with two attached hydrogens (primary N) is 1. The van der Waals surface area contributed by atoms with Crippen molar-refractivity contribution in [1.82, 2.24) is 56.2 Å². The number of non-ortho nitro benzene ring substituents is 2. The second-order valence-corrected chi connectivity index (χ2v) is 43.8. The van der Waals surface area contributed by atoms with Gasteiger partial charge in [0, 0.05) is 269 Å². The van der Waals surface area contributed by atoms with E-state index in [-0.39, 0.29) is 96.2 Å². The number of piperazine rings is 5. The van der Waals surface area contributed by atoms with E-state index in [1.165, 1.54) is 88.5 Å². The Labute approximate surface area is 953 Å². The molecule has 1 amide bonds. The molecule has 5 aliphatic heterocycles. The Balaban J connectivity index is 0.000000168. The third-order valence-corrected chi connectivity index (χ3v) is 31.4. The van der Waals surface area contributed by atoms with Crippen LogP contribution in [0.25, 0.3) is 43.6 Å². The molecular formula is C109H128Br7Cl2FeN23O7. The number of amides is 1. The molecule has 0 radical (unpaired) electrons. The molecule has 10 aromatic carbocycles. The number of rotatable bonds is 15. The van der Waals surface area contributed by atoms with E-state index in [4.69, 9.17) is 40.4 Å². The molecule has 9 fully saturated rings. The molecule has 14 aromatic rings. The number of nitro groups is 2. The van der Waals surface area contributed by atoms with E-state index >= 15 is 0 Å². The summed E-state index contributed by atoms with van der Waals surface area (Å²) in [6.45, 7) is 24.1. The smallest absolute Gasteiger partial charge is 0.410 e. The average Bonchev–Trinajstić information content (AvgIpc) is 1.50. The number of ether oxygens (including phenoxy) is 1. The summed E-state index contributed by atoms with van der Waals surface area (Å²) in [6, 6.07) is 71.2. The molecule has 4 saturated carbocycles. The van der Waals surface area contributed by atoms with Crippen molar-refractivity contribution in [3.8, 4) is 0 Å². The molecule has 30 nitrogen and oxygen atoms in total. The molecule has 0 spiro atoms. The maximum atomic E-state index is 12.0. The van der Waals surface area contributed by atoms with E-state index in [1.54, 1.807) is 17.0 Å². The number of hydrogen-bond donors (Lipinski definition) is 4. The summed E-state index contributed by atoms with van der Waals surface area (Å²) in [5, 5.41) is 28.5. The van der Waals surface area contributed by atoms with Crippen LogP contribution in [0.4, 0.5) is 73.4 Å². The van der Waals surface area contributed by atoms with Gasteiger partial charge in [0.1, 0.15) is 46.4 Å². The largest absolute Gasteiger partial charge is 0.444 e. The standard InChI is InChI=1S/C23H26BrN5.C21H20BrN5O2.C21H22BrN5.C15H21BrN2O2.C11H9N3O3.C10H13BrN2.C6H4Br2.2CH4.2ClH.Fe.H3N/c1-27(2)17-9-10-20-18(15-17)23(26-22(25-20)16-7-8-16)29-13-11-28(12-14-29)21-6-4-3-5-19(21)24;22-17-3-1-2-4-19(17)25-9-11-26(12-10-25)21-16-13-15(27(28)29)7-8-18(16)23-20(24-21)14-5-6-14;22-17-3-1-2-4-19(17)26-9-11-27(12-10-26)21-16-13-15(23)7-8-18(16)24-20(25-21)14-5-6-14;1-15(2,3)20-14(19)18-10-8-17(9-11-18)13-7-5-4-6-12(13)16;15-11-8-5-7(14(16)17)3-4-9(8)12-10(13-11)6-1-2-6;11-9-3-1-2-4-10(9)13-7-5-12-6-8-13;7-5-3-1-2-4-6(5)8;;;;;;/h3-6,9-10,15-16H,7-8,11-14H2,1-2H3;1-4,7-8,13-14H,5-6,9-12H2;1-4,7-8,13-14H,5-6,9-12,23H2;4-7H,8-11H2,1-3H3;3-6H,1-2H2,(H,12,13,15);1-4,12H,5-8H2;1-4H;2*1H4;2*1H;;1H3. The number of carbonyl (C=O) groups excluding carboxylic acids is 1. The number of nitrogens with zero attached hydrogens (tertiary/aromatic N) is 19. The molecule has 4 aliphatic carbocycles. The average molecular weight is 2560 g/mol. The summed E-state index contributed by atoms with van der Waals surface area (Å²) in [5.74, 6) is 8.42. The number of anilines is 10. The van der Waals surface area contributed by atoms with Gasteiger partial charge in [-0.15, -0.1) is 24.8 Å². The van der Waals surface area contributed by atoms with Gasteiger partial charge in [0.15, 0.2) is 0 Å². The SMILES string of the molecule is Brc1ccccc1Br.Brc1ccccc1N1CCNCC1.C.C.CC(C)(C)OC(=O)N1CCN(c2ccccc2Br)CC1.CN(C)c1ccc2nc(C3CC3)nc(N3CCN(c4ccccc4Br)CC3)c2c1.Cl.Cl.N.Nc1ccc2nc(C3CC3)nc(N3CCN(c4ccccc4Br)CC3)c2c1.O=[N+]([O-])c1ccc2nc(C3CC3)nc(N3CCN(c4ccccc4Br)CC3)c2c1.O=c1[nH]c(C2CC2)nc2ccc([N+](=O)[O-])cc12.[Fe]. The summed E-state index contributed by atoms with van der Waals surface area (Å²) in [7, 11) is 4.16. The molecule has 9 aliphatic rings. The van der Waals surface area contributed by atoms with Crippen LogP contribution in [0.15, 0.2) is 254 Å². The van der Waals surface area contributed by atoms with Crippen molar-refractivity contribution in [2.75, 3.05) is 195 Å². The number of aromatic nitrogens is 8. The Morgan fingerprint density at radius 2 is 0.671 bits per heavy atom. The van der Waals surface area contributed by atoms with Gasteiger partial charge >= 0.3 is 6.09 Å². The Kier molecular flexibility index (Phi) is 43.8. The zero-order chi connectivity index (χ0) is 100. The minimum atomic E-state index is -0.520. The molecule has 23 rings (SSSR count). The van der Waals surface area contributed by atoms with E-state index in [9.17, 15) is 29.8 Å². The zero-order valence-corrected chi connectivity index (χ0v) is 96.2. The van der Waals surface area contributed by atoms with E-state index in [1.807, 2.05) is 93.6 Å². The monoisotopic (exact) mass is 2550 g/mol. The first-order valence-corrected chi connectivity index (χ1v) is 54.2. The third kappa shape index (κ3) is 31.3. The molecule has 0 atom stereocenters. The van der Waals surface area contributed by atoms with Gasteiger partial charge in [-0.3, -0.25) is 25.0 Å². The number of carbonyl (C=O) groups is 1. The fourth-order valence-electron chi connectivity index (χ4n) is 17.7. The van der Waals surface area contributed by atoms with Crippen LogP contribution in [0, 0.1) is 20.2 Å². The van der Waals surface area contributed by atoms with Gasteiger partial charge in [-0.05, 0) is 305 Å². The minimum Gasteiger partial charge on any atom is -0.444 e. The summed E-state index contributed by atoms with van der Waals surface area (Å²) in [4.78, 5) is 104. The van der Waals surface area contributed by atoms with Crippen LogP contribution in [0.5, 0.6) is 0 Å². The zero-order valence-electron chi connectivity index (χ0n) is 82.3. The summed E-state index contributed by atoms with van der Waals surface area (Å²) in [6.07, 6.45) is 8.95. The Morgan fingerprint density at radius 3 is 0.993 bits per heavy atom. The topological polar surface area (TPSA) is 341 Å². The first-order chi connectivity index (χ1) is 69.1. The number of benzene rings is 10. The number of nitrogens with one attached hydrogen (secondary N) is 2. The number of H-pyrrole nitrogens is 1. The number of nitrogen functional groups attached to an aromatic ring is 1. The Morgan fingerprint density at radius 1 is 0.383 bits per heavy atom. The van der Waals surface area contributed by atoms with Gasteiger partial charge in [0.05, 0.1) is 65.7 Å². The number of hydrogen-bond acceptors (Lipinski definition) is 26. The predicted octanol–water partition coefficient (Wildman–Crippen LogP) is 25.9. The van der Waals surface area contributed by atoms with E-state index in [0.717, 1.165) is 244 Å². The predicted molar refractivity (Wildman–Crippen MR) is 635 cm³/mol. The van der Waals surface area contributed by atoms with Crippen LogP contribution < -0.4 is 66.9 Å². The summed E-state index contributed by atoms with van der Waals surface area (Å²) in [5.41, 5.74) is 16.8. The van der Waals surface area contributed by atoms with Crippen LogP contribution in [-0.4, -0.2) is 211 Å². The van der Waals surface area contributed by atoms with Gasteiger partial charge in [-0.25, -0.2) is 39.7 Å². The molecule has 149 heavy (non-hydrogen) atoms. The Bertz CT molecular complexity index is 6940. The van der Waals surface area contributed by atoms with E-state index in [2.05, 4.69) is 294 Å². The van der Waals surface area contributed by atoms with E-state index in [0.29, 0.717) is 48.1 Å². The number of halogens is 9. The molecule has 0 bridgehead atoms. The van der Waals surface area contributed by atoms with Crippen LogP contribution in [0.3, 0.4) is 0 Å². The molecule has 4 aromatic heterocycles. The quantitative estimate of drug-likeness (QED) is 0.0320. The van der Waals surface area contributed by atoms with Crippen molar-refractivity contribution in [2.24, 2.45) is 0 Å². The Hall–Kier alpha value is -10.2. The van der Waals surface area contributed by atoms with Crippen LogP contribution in [-0.2, 0) is 21.8 Å². The van der Waals surface area contributed by atoms with Crippen molar-refractivity contribution in [3.63, 3.8) is 0 Å². The molecular weight excluding hydrogens is 2430 g/mol. The first-order valence-electron chi connectivity index (χ1n) is 48.6. The number of nitro benzene ring substituents is 2. The second kappa shape index (κ2) is 54.9. The second-order valence-electron chi connectivity index (χ2n) is 37.8. The molecule has 7 N–H and O–H groups in total. The van der Waals surface area contributed by atoms with Gasteiger partial charge in [0.2, 0.25) is 0 Å².